The lowest BCUT2D eigenvalue weighted by Gasteiger charge is -2.18. The zero-order valence-electron chi connectivity index (χ0n) is 9.18. The van der Waals surface area contributed by atoms with E-state index in [2.05, 4.69) is 11.7 Å². The Bertz CT molecular complexity index is 237. The highest BCUT2D eigenvalue weighted by atomic mass is 32.9. The van der Waals surface area contributed by atoms with Crippen molar-refractivity contribution in [2.24, 2.45) is 4.76 Å². The highest BCUT2D eigenvalue weighted by molar-refractivity contribution is 8.68. The second-order valence-electron chi connectivity index (χ2n) is 2.54. The van der Waals surface area contributed by atoms with Crippen LogP contribution in [-0.4, -0.2) is 43.3 Å². The van der Waals surface area contributed by atoms with Crippen LogP contribution in [0.1, 0.15) is 6.92 Å². The summed E-state index contributed by atoms with van der Waals surface area (Å²) in [5.41, 5.74) is -2.05. The Kier molecular flexibility index (Phi) is 7.52. The summed E-state index contributed by atoms with van der Waals surface area (Å²) in [6.45, 7) is 2.10. The number of nitrogens with zero attached hydrogens (tertiary/aromatic N) is 2. The SMILES string of the molecule is CCSC(=NP(=S)(OC)SC)N(C)C. The van der Waals surface area contributed by atoms with Gasteiger partial charge in [-0.05, 0) is 23.8 Å². The van der Waals surface area contributed by atoms with E-state index in [1.165, 1.54) is 11.4 Å². The maximum atomic E-state index is 5.34. The van der Waals surface area contributed by atoms with Crippen LogP contribution in [0.4, 0.5) is 0 Å². The monoisotopic (exact) mass is 272 g/mol. The minimum absolute atomic E-state index is 0.951. The predicted molar refractivity (Wildman–Crippen MR) is 74.1 cm³/mol. The van der Waals surface area contributed by atoms with Gasteiger partial charge in [0.05, 0.1) is 0 Å². The van der Waals surface area contributed by atoms with Gasteiger partial charge in [0.25, 0.3) is 0 Å². The van der Waals surface area contributed by atoms with Crippen molar-refractivity contribution in [3.05, 3.63) is 0 Å². The molecule has 0 N–H and O–H groups in total. The number of hydrogen-bond acceptors (Lipinski definition) is 4. The third-order valence-corrected chi connectivity index (χ3v) is 7.93. The summed E-state index contributed by atoms with van der Waals surface area (Å²) >= 11 is 8.54. The summed E-state index contributed by atoms with van der Waals surface area (Å²) in [5.74, 6) is 0.991. The van der Waals surface area contributed by atoms with E-state index in [0.29, 0.717) is 0 Å². The lowest BCUT2D eigenvalue weighted by molar-refractivity contribution is 0.470. The largest absolute Gasteiger partial charge is 0.357 e. The summed E-state index contributed by atoms with van der Waals surface area (Å²) in [6, 6.07) is 0. The van der Waals surface area contributed by atoms with Crippen molar-refractivity contribution in [1.29, 1.82) is 0 Å². The quantitative estimate of drug-likeness (QED) is 0.445. The molecular weight excluding hydrogens is 255 g/mol. The lowest BCUT2D eigenvalue weighted by Crippen LogP contribution is -2.18. The van der Waals surface area contributed by atoms with Gasteiger partial charge in [-0.2, -0.15) is 4.76 Å². The summed E-state index contributed by atoms with van der Waals surface area (Å²) < 4.78 is 9.78. The number of rotatable bonds is 4. The fraction of sp³-hybridized carbons (Fsp3) is 0.857. The molecule has 1 unspecified atom stereocenters. The second kappa shape index (κ2) is 7.12. The van der Waals surface area contributed by atoms with Crippen LogP contribution < -0.4 is 0 Å². The van der Waals surface area contributed by atoms with E-state index in [1.807, 2.05) is 25.3 Å². The first-order valence-electron chi connectivity index (χ1n) is 4.11. The van der Waals surface area contributed by atoms with Crippen LogP contribution in [0.15, 0.2) is 4.76 Å². The Hall–Kier alpha value is 0.780. The van der Waals surface area contributed by atoms with Gasteiger partial charge in [0.1, 0.15) is 0 Å². The van der Waals surface area contributed by atoms with Crippen LogP contribution in [0.25, 0.3) is 0 Å². The van der Waals surface area contributed by atoms with Crippen molar-refractivity contribution < 1.29 is 4.52 Å². The molecule has 0 bridgehead atoms. The minimum atomic E-state index is -2.05. The molecule has 0 amide bonds. The molecule has 0 aliphatic rings. The van der Waals surface area contributed by atoms with Gasteiger partial charge in [-0.15, -0.1) is 0 Å². The Morgan fingerprint density at radius 3 is 2.43 bits per heavy atom. The average Bonchev–Trinajstić information content (AvgIpc) is 2.17. The molecule has 0 aromatic carbocycles. The van der Waals surface area contributed by atoms with Gasteiger partial charge in [0.2, 0.25) is 5.62 Å². The molecule has 84 valence electrons. The minimum Gasteiger partial charge on any atom is -0.357 e. The third-order valence-electron chi connectivity index (χ3n) is 1.33. The molecule has 14 heavy (non-hydrogen) atoms. The normalized spacial score (nSPS) is 16.5. The first-order chi connectivity index (χ1) is 6.49. The maximum Gasteiger partial charge on any atom is 0.233 e. The van der Waals surface area contributed by atoms with Gasteiger partial charge in [0, 0.05) is 21.2 Å². The maximum absolute atomic E-state index is 5.34. The molecule has 0 radical (unpaired) electrons. The van der Waals surface area contributed by atoms with E-state index in [0.717, 1.165) is 10.9 Å². The molecule has 0 saturated carbocycles. The fourth-order valence-corrected chi connectivity index (χ4v) is 3.90. The van der Waals surface area contributed by atoms with Gasteiger partial charge >= 0.3 is 0 Å². The molecule has 0 heterocycles. The van der Waals surface area contributed by atoms with Crippen molar-refractivity contribution in [1.82, 2.24) is 4.90 Å². The van der Waals surface area contributed by atoms with E-state index in [1.54, 1.807) is 18.9 Å². The topological polar surface area (TPSA) is 24.8 Å². The molecule has 7 heteroatoms. The van der Waals surface area contributed by atoms with Crippen LogP contribution in [0.5, 0.6) is 0 Å². The lowest BCUT2D eigenvalue weighted by atomic mass is 10.9. The molecule has 0 saturated heterocycles. The van der Waals surface area contributed by atoms with Gasteiger partial charge < -0.3 is 9.42 Å². The zero-order chi connectivity index (χ0) is 11.2. The Morgan fingerprint density at radius 2 is 2.14 bits per heavy atom. The molecule has 0 aromatic rings. The first-order valence-corrected chi connectivity index (χ1v) is 9.59. The smallest absolute Gasteiger partial charge is 0.233 e. The Labute approximate surface area is 100.0 Å². The highest BCUT2D eigenvalue weighted by Crippen LogP contribution is 2.59. The predicted octanol–water partition coefficient (Wildman–Crippen LogP) is 2.89. The molecule has 0 aliphatic heterocycles. The van der Waals surface area contributed by atoms with Crippen molar-refractivity contribution >= 4 is 45.7 Å². The second-order valence-corrected chi connectivity index (χ2v) is 10.4. The number of amidine groups is 1. The molecule has 0 spiro atoms. The summed E-state index contributed by atoms with van der Waals surface area (Å²) in [4.78, 5) is 1.98. The van der Waals surface area contributed by atoms with Gasteiger partial charge in [0.15, 0.2) is 5.17 Å². The van der Waals surface area contributed by atoms with E-state index < -0.39 is 5.62 Å². The molecule has 0 aliphatic carbocycles. The van der Waals surface area contributed by atoms with Crippen LogP contribution in [-0.2, 0) is 16.3 Å². The van der Waals surface area contributed by atoms with Crippen LogP contribution in [0.3, 0.4) is 0 Å². The molecule has 0 rings (SSSR count). The van der Waals surface area contributed by atoms with Crippen molar-refractivity contribution in [3.8, 4) is 0 Å². The van der Waals surface area contributed by atoms with Gasteiger partial charge in [-0.3, -0.25) is 0 Å². The van der Waals surface area contributed by atoms with Crippen LogP contribution in [0.2, 0.25) is 0 Å². The fourth-order valence-electron chi connectivity index (χ4n) is 0.637. The van der Waals surface area contributed by atoms with Crippen LogP contribution >= 0.6 is 28.8 Å². The van der Waals surface area contributed by atoms with Gasteiger partial charge in [-0.1, -0.05) is 30.1 Å². The average molecular weight is 272 g/mol. The third kappa shape index (κ3) is 5.03. The molecule has 1 atom stereocenters. The molecule has 0 aromatic heterocycles. The molecular formula is C7H17N2OPS3. The number of hydrogen-bond donors (Lipinski definition) is 0. The first kappa shape index (κ1) is 14.8. The summed E-state index contributed by atoms with van der Waals surface area (Å²) in [5, 5.41) is 0.951. The van der Waals surface area contributed by atoms with E-state index in [4.69, 9.17) is 16.3 Å². The van der Waals surface area contributed by atoms with E-state index >= 15 is 0 Å². The van der Waals surface area contributed by atoms with E-state index in [9.17, 15) is 0 Å². The highest BCUT2D eigenvalue weighted by Gasteiger charge is 2.15. The standard InChI is InChI=1S/C7H17N2OPS3/c1-6-14-7(9(2)3)8-11(12,10-4)13-5/h6H2,1-5H3. The molecule has 3 nitrogen and oxygen atoms in total. The van der Waals surface area contributed by atoms with Crippen molar-refractivity contribution in [3.63, 3.8) is 0 Å². The Balaban J connectivity index is 4.78. The summed E-state index contributed by atoms with van der Waals surface area (Å²) in [7, 11) is 5.57. The van der Waals surface area contributed by atoms with Gasteiger partial charge in [-0.25, -0.2) is 0 Å². The van der Waals surface area contributed by atoms with Crippen molar-refractivity contribution in [2.75, 3.05) is 33.2 Å². The van der Waals surface area contributed by atoms with Crippen molar-refractivity contribution in [2.45, 2.75) is 6.92 Å². The van der Waals surface area contributed by atoms with Crippen LogP contribution in [0, 0.1) is 0 Å². The Morgan fingerprint density at radius 1 is 1.57 bits per heavy atom. The van der Waals surface area contributed by atoms with E-state index in [-0.39, 0.29) is 0 Å². The zero-order valence-corrected chi connectivity index (χ0v) is 12.5. The molecule has 0 fully saturated rings. The number of thioether (sulfide) groups is 1. The summed E-state index contributed by atoms with van der Waals surface area (Å²) in [6.07, 6.45) is 1.94.